The Hall–Kier alpha value is -3.53. The smallest absolute Gasteiger partial charge is 0.230 e. The number of thioether (sulfide) groups is 1. The van der Waals surface area contributed by atoms with E-state index < -0.39 is 0 Å². The molecule has 0 aliphatic carbocycles. The average molecular weight is 476 g/mol. The van der Waals surface area contributed by atoms with E-state index in [1.165, 1.54) is 12.1 Å². The van der Waals surface area contributed by atoms with Gasteiger partial charge in [0, 0.05) is 54.8 Å². The molecule has 0 bridgehead atoms. The third kappa shape index (κ3) is 4.21. The maximum Gasteiger partial charge on any atom is 0.230 e. The standard InChI is InChI=1S/C24H22FN7OS/c25-17-4-1-5-18(13-17)27-22-20-19(8-12-34-20)28-24(30-22)32-10-6-15(7-11-32)23-29-21(31-33-23)16-3-2-9-26-14-16/h1-5,9,13-15H,6-8,10-12H2,(H,27,28,30). The van der Waals surface area contributed by atoms with E-state index in [9.17, 15) is 4.39 Å². The number of piperidine rings is 1. The molecule has 0 atom stereocenters. The number of anilines is 3. The first-order valence-corrected chi connectivity index (χ1v) is 12.3. The molecule has 1 N–H and O–H groups in total. The van der Waals surface area contributed by atoms with Crippen LogP contribution in [-0.2, 0) is 6.42 Å². The summed E-state index contributed by atoms with van der Waals surface area (Å²) in [4.78, 5) is 21.7. The van der Waals surface area contributed by atoms with Crippen molar-refractivity contribution in [2.75, 3.05) is 29.1 Å². The molecule has 6 rings (SSSR count). The van der Waals surface area contributed by atoms with E-state index in [1.807, 2.05) is 18.2 Å². The number of nitrogens with zero attached hydrogens (tertiary/aromatic N) is 6. The fraction of sp³-hybridized carbons (Fsp3) is 0.292. The van der Waals surface area contributed by atoms with Gasteiger partial charge in [-0.25, -0.2) is 9.37 Å². The number of halogens is 1. The highest BCUT2D eigenvalue weighted by atomic mass is 32.2. The van der Waals surface area contributed by atoms with Crippen molar-refractivity contribution in [1.82, 2.24) is 25.1 Å². The van der Waals surface area contributed by atoms with E-state index in [4.69, 9.17) is 14.5 Å². The first-order valence-electron chi connectivity index (χ1n) is 11.3. The fourth-order valence-electron chi connectivity index (χ4n) is 4.32. The second-order valence-corrected chi connectivity index (χ2v) is 9.45. The van der Waals surface area contributed by atoms with E-state index >= 15 is 0 Å². The van der Waals surface area contributed by atoms with Crippen LogP contribution in [0.25, 0.3) is 11.4 Å². The highest BCUT2D eigenvalue weighted by Gasteiger charge is 2.29. The van der Waals surface area contributed by atoms with Gasteiger partial charge in [-0.2, -0.15) is 9.97 Å². The second-order valence-electron chi connectivity index (χ2n) is 8.34. The third-order valence-corrected chi connectivity index (χ3v) is 7.21. The lowest BCUT2D eigenvalue weighted by molar-refractivity contribution is 0.329. The molecule has 1 aromatic carbocycles. The molecule has 0 radical (unpaired) electrons. The Labute approximate surface area is 200 Å². The number of rotatable bonds is 5. The Morgan fingerprint density at radius 1 is 1.09 bits per heavy atom. The molecular weight excluding hydrogens is 453 g/mol. The first-order chi connectivity index (χ1) is 16.7. The molecule has 1 saturated heterocycles. The predicted molar refractivity (Wildman–Crippen MR) is 128 cm³/mol. The number of fused-ring (bicyclic) bond motifs is 1. The zero-order chi connectivity index (χ0) is 22.9. The molecule has 10 heteroatoms. The SMILES string of the molecule is Fc1cccc(Nc2nc(N3CCC(c4nc(-c5cccnc5)no4)CC3)nc3c2SCC3)c1. The van der Waals surface area contributed by atoms with Gasteiger partial charge in [-0.3, -0.25) is 4.98 Å². The number of nitrogens with one attached hydrogen (secondary N) is 1. The van der Waals surface area contributed by atoms with Gasteiger partial charge >= 0.3 is 0 Å². The Balaban J connectivity index is 1.18. The second kappa shape index (κ2) is 9.02. The van der Waals surface area contributed by atoms with Gasteiger partial charge in [0.25, 0.3) is 0 Å². The quantitative estimate of drug-likeness (QED) is 0.435. The average Bonchev–Trinajstić information content (AvgIpc) is 3.55. The van der Waals surface area contributed by atoms with Crippen molar-refractivity contribution in [2.45, 2.75) is 30.1 Å². The molecule has 4 aromatic rings. The van der Waals surface area contributed by atoms with E-state index in [1.54, 1.807) is 30.2 Å². The molecule has 0 amide bonds. The highest BCUT2D eigenvalue weighted by molar-refractivity contribution is 7.99. The molecular formula is C24H22FN7OS. The zero-order valence-electron chi connectivity index (χ0n) is 18.3. The Bertz CT molecular complexity index is 1310. The topological polar surface area (TPSA) is 92.9 Å². The molecule has 172 valence electrons. The fourth-order valence-corrected chi connectivity index (χ4v) is 5.37. The van der Waals surface area contributed by atoms with Crippen molar-refractivity contribution in [1.29, 1.82) is 0 Å². The summed E-state index contributed by atoms with van der Waals surface area (Å²) >= 11 is 1.74. The number of hydrogen-bond acceptors (Lipinski definition) is 9. The molecule has 5 heterocycles. The van der Waals surface area contributed by atoms with Crippen LogP contribution in [0.2, 0.25) is 0 Å². The van der Waals surface area contributed by atoms with Crippen LogP contribution in [0.1, 0.15) is 30.3 Å². The van der Waals surface area contributed by atoms with Crippen molar-refractivity contribution in [3.05, 3.63) is 66.2 Å². The Morgan fingerprint density at radius 3 is 2.82 bits per heavy atom. The maximum atomic E-state index is 13.7. The normalized spacial score (nSPS) is 16.0. The first kappa shape index (κ1) is 21.0. The van der Waals surface area contributed by atoms with Crippen LogP contribution in [0.4, 0.5) is 21.8 Å². The molecule has 2 aliphatic rings. The Morgan fingerprint density at radius 2 is 2.00 bits per heavy atom. The van der Waals surface area contributed by atoms with Crippen molar-refractivity contribution >= 4 is 29.2 Å². The Kier molecular flexibility index (Phi) is 5.58. The van der Waals surface area contributed by atoms with E-state index in [2.05, 4.69) is 25.3 Å². The van der Waals surface area contributed by atoms with Crippen LogP contribution in [0.3, 0.4) is 0 Å². The summed E-state index contributed by atoms with van der Waals surface area (Å²) < 4.78 is 19.3. The van der Waals surface area contributed by atoms with Crippen LogP contribution < -0.4 is 10.2 Å². The summed E-state index contributed by atoms with van der Waals surface area (Å²) in [6, 6.07) is 10.2. The monoisotopic (exact) mass is 475 g/mol. The number of aromatic nitrogens is 5. The van der Waals surface area contributed by atoms with Gasteiger partial charge in [-0.05, 0) is 43.2 Å². The summed E-state index contributed by atoms with van der Waals surface area (Å²) in [5.74, 6) is 3.58. The van der Waals surface area contributed by atoms with Gasteiger partial charge in [-0.15, -0.1) is 11.8 Å². The summed E-state index contributed by atoms with van der Waals surface area (Å²) in [6.45, 7) is 1.58. The molecule has 2 aliphatic heterocycles. The zero-order valence-corrected chi connectivity index (χ0v) is 19.1. The molecule has 0 unspecified atom stereocenters. The van der Waals surface area contributed by atoms with E-state index in [0.29, 0.717) is 23.4 Å². The number of aryl methyl sites for hydroxylation is 1. The summed E-state index contributed by atoms with van der Waals surface area (Å²) in [6.07, 6.45) is 6.10. The van der Waals surface area contributed by atoms with Crippen LogP contribution in [0.5, 0.6) is 0 Å². The lowest BCUT2D eigenvalue weighted by atomic mass is 9.97. The number of hydrogen-bond donors (Lipinski definition) is 1. The molecule has 34 heavy (non-hydrogen) atoms. The van der Waals surface area contributed by atoms with E-state index in [0.717, 1.165) is 60.1 Å². The van der Waals surface area contributed by atoms with Gasteiger partial charge in [0.05, 0.1) is 10.6 Å². The number of benzene rings is 1. The maximum absolute atomic E-state index is 13.7. The number of pyridine rings is 1. The van der Waals surface area contributed by atoms with Crippen molar-refractivity contribution in [3.63, 3.8) is 0 Å². The minimum Gasteiger partial charge on any atom is -0.341 e. The van der Waals surface area contributed by atoms with Gasteiger partial charge in [0.15, 0.2) is 0 Å². The van der Waals surface area contributed by atoms with Crippen LogP contribution in [-0.4, -0.2) is 43.9 Å². The molecule has 0 spiro atoms. The van der Waals surface area contributed by atoms with Crippen LogP contribution >= 0.6 is 11.8 Å². The van der Waals surface area contributed by atoms with Gasteiger partial charge in [0.1, 0.15) is 11.6 Å². The largest absolute Gasteiger partial charge is 0.341 e. The minimum atomic E-state index is -0.279. The van der Waals surface area contributed by atoms with Crippen LogP contribution in [0.15, 0.2) is 58.2 Å². The van der Waals surface area contributed by atoms with Gasteiger partial charge in [0.2, 0.25) is 17.7 Å². The van der Waals surface area contributed by atoms with Gasteiger partial charge < -0.3 is 14.7 Å². The molecule has 3 aromatic heterocycles. The predicted octanol–water partition coefficient (Wildman–Crippen LogP) is 4.84. The van der Waals surface area contributed by atoms with Crippen molar-refractivity contribution in [2.24, 2.45) is 0 Å². The molecule has 8 nitrogen and oxygen atoms in total. The summed E-state index contributed by atoms with van der Waals surface area (Å²) in [7, 11) is 0. The van der Waals surface area contributed by atoms with Gasteiger partial charge in [-0.1, -0.05) is 11.2 Å². The third-order valence-electron chi connectivity index (χ3n) is 6.09. The van der Waals surface area contributed by atoms with E-state index in [-0.39, 0.29) is 11.7 Å². The summed E-state index contributed by atoms with van der Waals surface area (Å²) in [5, 5.41) is 7.43. The van der Waals surface area contributed by atoms with Crippen molar-refractivity contribution in [3.8, 4) is 11.4 Å². The lowest BCUT2D eigenvalue weighted by Gasteiger charge is -2.31. The lowest BCUT2D eigenvalue weighted by Crippen LogP contribution is -2.34. The van der Waals surface area contributed by atoms with Crippen molar-refractivity contribution < 1.29 is 8.91 Å². The summed E-state index contributed by atoms with van der Waals surface area (Å²) in [5.41, 5.74) is 2.57. The van der Waals surface area contributed by atoms with Crippen LogP contribution in [0, 0.1) is 5.82 Å². The molecule has 0 saturated carbocycles. The minimum absolute atomic E-state index is 0.198. The highest BCUT2D eigenvalue weighted by Crippen LogP contribution is 2.39. The molecule has 1 fully saturated rings.